The van der Waals surface area contributed by atoms with Crippen molar-refractivity contribution in [1.29, 1.82) is 0 Å². The molecule has 3 rings (SSSR count). The Morgan fingerprint density at radius 1 is 1.00 bits per heavy atom. The Balaban J connectivity index is 1.61. The summed E-state index contributed by atoms with van der Waals surface area (Å²) in [5.74, 6) is -0.599. The fraction of sp³-hybridized carbons (Fsp3) is 0.182. The first-order chi connectivity index (χ1) is 14.9. The number of thiazole rings is 1. The van der Waals surface area contributed by atoms with Gasteiger partial charge in [-0.3, -0.25) is 9.59 Å². The summed E-state index contributed by atoms with van der Waals surface area (Å²) in [6.07, 6.45) is -0.716. The number of anilines is 2. The third-order valence-corrected chi connectivity index (χ3v) is 5.33. The molecule has 0 saturated carbocycles. The van der Waals surface area contributed by atoms with Crippen LogP contribution in [0.4, 0.5) is 15.7 Å². The molecule has 0 spiro atoms. The molecule has 0 aliphatic carbocycles. The topological polar surface area (TPSA) is 101 Å². The lowest BCUT2D eigenvalue weighted by Gasteiger charge is -2.08. The van der Waals surface area contributed by atoms with Gasteiger partial charge in [0.05, 0.1) is 0 Å². The molecule has 0 unspecified atom stereocenters. The molecule has 8 nitrogen and oxygen atoms in total. The van der Waals surface area contributed by atoms with E-state index in [1.54, 1.807) is 43.3 Å². The summed E-state index contributed by atoms with van der Waals surface area (Å²) in [6, 6.07) is 18.0. The lowest BCUT2D eigenvalue weighted by molar-refractivity contribution is -0.115. The Kier molecular flexibility index (Phi) is 7.34. The van der Waals surface area contributed by atoms with Crippen LogP contribution in [0.5, 0.6) is 0 Å². The number of aromatic nitrogens is 1. The number of ether oxygens (including phenoxy) is 1. The zero-order valence-corrected chi connectivity index (χ0v) is 17.9. The quantitative estimate of drug-likeness (QED) is 0.524. The first-order valence-corrected chi connectivity index (χ1v) is 10.3. The molecule has 0 aliphatic heterocycles. The van der Waals surface area contributed by atoms with Crippen molar-refractivity contribution in [1.82, 2.24) is 10.3 Å². The molecule has 2 amide bonds. The minimum absolute atomic E-state index is 0.0995. The second kappa shape index (κ2) is 10.4. The van der Waals surface area contributed by atoms with E-state index in [-0.39, 0.29) is 24.8 Å². The SMILES string of the molecule is CN(C)c1nc(NC(=O)CNC(=O)OCc2ccccc2)c(C(=O)c2ccccc2)s1. The summed E-state index contributed by atoms with van der Waals surface area (Å²) in [7, 11) is 3.59. The van der Waals surface area contributed by atoms with E-state index in [0.29, 0.717) is 15.6 Å². The van der Waals surface area contributed by atoms with E-state index in [1.807, 2.05) is 36.4 Å². The second-order valence-corrected chi connectivity index (χ2v) is 7.70. The van der Waals surface area contributed by atoms with E-state index >= 15 is 0 Å². The molecular formula is C22H22N4O4S. The van der Waals surface area contributed by atoms with Crippen LogP contribution < -0.4 is 15.5 Å². The number of carbonyl (C=O) groups excluding carboxylic acids is 3. The van der Waals surface area contributed by atoms with Crippen LogP contribution in [0.15, 0.2) is 60.7 Å². The number of ketones is 1. The highest BCUT2D eigenvalue weighted by Crippen LogP contribution is 2.30. The highest BCUT2D eigenvalue weighted by Gasteiger charge is 2.22. The fourth-order valence-electron chi connectivity index (χ4n) is 2.56. The Morgan fingerprint density at radius 3 is 2.29 bits per heavy atom. The van der Waals surface area contributed by atoms with Crippen molar-refractivity contribution in [2.75, 3.05) is 30.9 Å². The van der Waals surface area contributed by atoms with Gasteiger partial charge in [0.15, 0.2) is 10.9 Å². The first-order valence-electron chi connectivity index (χ1n) is 9.46. The van der Waals surface area contributed by atoms with E-state index in [2.05, 4.69) is 15.6 Å². The molecule has 0 bridgehead atoms. The van der Waals surface area contributed by atoms with E-state index in [4.69, 9.17) is 4.74 Å². The van der Waals surface area contributed by atoms with Crippen LogP contribution in [0.2, 0.25) is 0 Å². The molecule has 0 saturated heterocycles. The normalized spacial score (nSPS) is 10.3. The van der Waals surface area contributed by atoms with Crippen LogP contribution >= 0.6 is 11.3 Å². The minimum Gasteiger partial charge on any atom is -0.445 e. The molecule has 0 atom stereocenters. The van der Waals surface area contributed by atoms with Crippen molar-refractivity contribution in [2.45, 2.75) is 6.61 Å². The highest BCUT2D eigenvalue weighted by atomic mass is 32.1. The summed E-state index contributed by atoms with van der Waals surface area (Å²) < 4.78 is 5.08. The lowest BCUT2D eigenvalue weighted by atomic mass is 10.1. The standard InChI is InChI=1S/C22H22N4O4S/c1-26(2)21-25-20(19(31-21)18(28)16-11-7-4-8-12-16)24-17(27)13-23-22(29)30-14-15-9-5-3-6-10-15/h3-12H,13-14H2,1-2H3,(H,23,29)(H,24,27). The Bertz CT molecular complexity index is 1050. The van der Waals surface area contributed by atoms with Crippen LogP contribution in [0, 0.1) is 0 Å². The van der Waals surface area contributed by atoms with Gasteiger partial charge in [-0.1, -0.05) is 72.0 Å². The van der Waals surface area contributed by atoms with Crippen LogP contribution in [-0.2, 0) is 16.1 Å². The van der Waals surface area contributed by atoms with Gasteiger partial charge in [-0.05, 0) is 5.56 Å². The van der Waals surface area contributed by atoms with Gasteiger partial charge in [0, 0.05) is 19.7 Å². The summed E-state index contributed by atoms with van der Waals surface area (Å²) in [4.78, 5) is 43.5. The number of hydrogen-bond donors (Lipinski definition) is 2. The predicted octanol–water partition coefficient (Wildman–Crippen LogP) is 3.31. The first kappa shape index (κ1) is 22.0. The largest absolute Gasteiger partial charge is 0.445 e. The Morgan fingerprint density at radius 2 is 1.65 bits per heavy atom. The van der Waals surface area contributed by atoms with Gasteiger partial charge in [0.2, 0.25) is 11.7 Å². The fourth-order valence-corrected chi connectivity index (χ4v) is 3.47. The number of hydrogen-bond acceptors (Lipinski definition) is 7. The van der Waals surface area contributed by atoms with Gasteiger partial charge in [0.1, 0.15) is 18.0 Å². The minimum atomic E-state index is -0.716. The van der Waals surface area contributed by atoms with Crippen molar-refractivity contribution < 1.29 is 19.1 Å². The van der Waals surface area contributed by atoms with E-state index in [0.717, 1.165) is 5.56 Å². The molecule has 3 aromatic rings. The Labute approximate surface area is 183 Å². The molecule has 31 heavy (non-hydrogen) atoms. The van der Waals surface area contributed by atoms with E-state index in [9.17, 15) is 14.4 Å². The molecule has 1 aromatic heterocycles. The maximum absolute atomic E-state index is 12.9. The van der Waals surface area contributed by atoms with E-state index < -0.39 is 12.0 Å². The maximum Gasteiger partial charge on any atom is 0.407 e. The lowest BCUT2D eigenvalue weighted by Crippen LogP contribution is -2.33. The van der Waals surface area contributed by atoms with Crippen molar-refractivity contribution in [2.24, 2.45) is 0 Å². The van der Waals surface area contributed by atoms with Crippen molar-refractivity contribution in [3.63, 3.8) is 0 Å². The highest BCUT2D eigenvalue weighted by molar-refractivity contribution is 7.18. The van der Waals surface area contributed by atoms with Crippen LogP contribution in [-0.4, -0.2) is 43.4 Å². The van der Waals surface area contributed by atoms with Gasteiger partial charge in [-0.25, -0.2) is 9.78 Å². The molecule has 9 heteroatoms. The number of rotatable bonds is 8. The molecule has 1 heterocycles. The van der Waals surface area contributed by atoms with Crippen LogP contribution in [0.1, 0.15) is 20.8 Å². The zero-order valence-electron chi connectivity index (χ0n) is 17.1. The maximum atomic E-state index is 12.9. The summed E-state index contributed by atoms with van der Waals surface area (Å²) in [5.41, 5.74) is 1.33. The molecule has 160 valence electrons. The molecular weight excluding hydrogens is 416 g/mol. The van der Waals surface area contributed by atoms with Gasteiger partial charge < -0.3 is 20.3 Å². The van der Waals surface area contributed by atoms with Gasteiger partial charge in [-0.2, -0.15) is 0 Å². The number of amides is 2. The molecule has 0 fully saturated rings. The third-order valence-electron chi connectivity index (χ3n) is 4.10. The number of carbonyl (C=O) groups is 3. The molecule has 0 aliphatic rings. The average Bonchev–Trinajstić information content (AvgIpc) is 3.21. The smallest absolute Gasteiger partial charge is 0.407 e. The molecule has 0 radical (unpaired) electrons. The predicted molar refractivity (Wildman–Crippen MR) is 120 cm³/mol. The summed E-state index contributed by atoms with van der Waals surface area (Å²) in [5, 5.41) is 5.57. The van der Waals surface area contributed by atoms with Crippen molar-refractivity contribution >= 4 is 40.1 Å². The summed E-state index contributed by atoms with van der Waals surface area (Å²) >= 11 is 1.18. The number of benzene rings is 2. The van der Waals surface area contributed by atoms with Gasteiger partial charge in [-0.15, -0.1) is 0 Å². The van der Waals surface area contributed by atoms with Crippen molar-refractivity contribution in [3.8, 4) is 0 Å². The zero-order chi connectivity index (χ0) is 22.2. The second-order valence-electron chi connectivity index (χ2n) is 6.73. The van der Waals surface area contributed by atoms with Gasteiger partial charge >= 0.3 is 6.09 Å². The summed E-state index contributed by atoms with van der Waals surface area (Å²) in [6.45, 7) is -0.219. The third kappa shape index (κ3) is 6.13. The van der Waals surface area contributed by atoms with Crippen LogP contribution in [0.3, 0.4) is 0 Å². The molecule has 2 N–H and O–H groups in total. The van der Waals surface area contributed by atoms with Gasteiger partial charge in [0.25, 0.3) is 0 Å². The molecule has 2 aromatic carbocycles. The van der Waals surface area contributed by atoms with Crippen molar-refractivity contribution in [3.05, 3.63) is 76.7 Å². The van der Waals surface area contributed by atoms with E-state index in [1.165, 1.54) is 11.3 Å². The number of nitrogens with zero attached hydrogens (tertiary/aromatic N) is 2. The van der Waals surface area contributed by atoms with Crippen LogP contribution in [0.25, 0.3) is 0 Å². The monoisotopic (exact) mass is 438 g/mol. The average molecular weight is 439 g/mol. The Hall–Kier alpha value is -3.72. The number of alkyl carbamates (subject to hydrolysis) is 1. The number of nitrogens with one attached hydrogen (secondary N) is 2.